The third-order valence-electron chi connectivity index (χ3n) is 3.01. The molecule has 0 unspecified atom stereocenters. The molecule has 1 nitrogen and oxygen atoms in total. The summed E-state index contributed by atoms with van der Waals surface area (Å²) in [7, 11) is 0. The third kappa shape index (κ3) is 1.47. The van der Waals surface area contributed by atoms with Crippen LogP contribution >= 0.6 is 23.4 Å². The van der Waals surface area contributed by atoms with Gasteiger partial charge < -0.3 is 4.98 Å². The summed E-state index contributed by atoms with van der Waals surface area (Å²) in [5.74, 6) is 2.35. The number of nitrogens with one attached hydrogen (secondary N) is 1. The first-order valence-electron chi connectivity index (χ1n) is 5.13. The summed E-state index contributed by atoms with van der Waals surface area (Å²) in [5.41, 5.74) is 5.39. The van der Waals surface area contributed by atoms with Crippen molar-refractivity contribution in [3.8, 4) is 0 Å². The van der Waals surface area contributed by atoms with Crippen molar-refractivity contribution in [1.82, 2.24) is 4.98 Å². The molecule has 0 amide bonds. The fourth-order valence-electron chi connectivity index (χ4n) is 2.26. The van der Waals surface area contributed by atoms with Crippen molar-refractivity contribution in [2.24, 2.45) is 0 Å². The first kappa shape index (κ1) is 9.61. The van der Waals surface area contributed by atoms with E-state index in [4.69, 9.17) is 11.6 Å². The molecular weight excluding hydrogens is 226 g/mol. The van der Waals surface area contributed by atoms with Crippen LogP contribution in [0.3, 0.4) is 0 Å². The van der Waals surface area contributed by atoms with E-state index in [0.29, 0.717) is 0 Å². The number of aryl methyl sites for hydroxylation is 2. The van der Waals surface area contributed by atoms with Gasteiger partial charge in [-0.05, 0) is 42.4 Å². The van der Waals surface area contributed by atoms with Gasteiger partial charge in [0.15, 0.2) is 0 Å². The zero-order valence-electron chi connectivity index (χ0n) is 8.56. The SMILES string of the molecule is Cc1cc(Cl)cc2c3c([nH]c12)CCSC3. The van der Waals surface area contributed by atoms with Crippen LogP contribution in [-0.2, 0) is 12.2 Å². The van der Waals surface area contributed by atoms with E-state index in [-0.39, 0.29) is 0 Å². The number of fused-ring (bicyclic) bond motifs is 3. The van der Waals surface area contributed by atoms with Crippen LogP contribution in [-0.4, -0.2) is 10.7 Å². The fourth-order valence-corrected chi connectivity index (χ4v) is 3.56. The van der Waals surface area contributed by atoms with Crippen LogP contribution in [0.2, 0.25) is 5.02 Å². The van der Waals surface area contributed by atoms with E-state index in [1.807, 2.05) is 17.8 Å². The number of thioether (sulfide) groups is 1. The number of halogens is 1. The van der Waals surface area contributed by atoms with Crippen molar-refractivity contribution in [2.45, 2.75) is 19.1 Å². The molecule has 1 aliphatic heterocycles. The zero-order chi connectivity index (χ0) is 10.4. The molecular formula is C12H12ClNS. The van der Waals surface area contributed by atoms with Crippen molar-refractivity contribution < 1.29 is 0 Å². The van der Waals surface area contributed by atoms with Crippen molar-refractivity contribution in [3.05, 3.63) is 34.0 Å². The van der Waals surface area contributed by atoms with Gasteiger partial charge in [0.1, 0.15) is 0 Å². The summed E-state index contributed by atoms with van der Waals surface area (Å²) in [6.45, 7) is 2.11. The van der Waals surface area contributed by atoms with E-state index in [2.05, 4.69) is 18.0 Å². The van der Waals surface area contributed by atoms with Gasteiger partial charge in [-0.15, -0.1) is 0 Å². The smallest absolute Gasteiger partial charge is 0.0490 e. The van der Waals surface area contributed by atoms with Crippen molar-refractivity contribution in [2.75, 3.05) is 5.75 Å². The Hall–Kier alpha value is -0.600. The Balaban J connectivity index is 2.37. The molecule has 2 aromatic rings. The quantitative estimate of drug-likeness (QED) is 0.734. The summed E-state index contributed by atoms with van der Waals surface area (Å²) in [6.07, 6.45) is 1.16. The van der Waals surface area contributed by atoms with E-state index in [1.54, 1.807) is 0 Å². The second-order valence-corrected chi connectivity index (χ2v) is 5.57. The Labute approximate surface area is 98.2 Å². The van der Waals surface area contributed by atoms with Gasteiger partial charge in [-0.2, -0.15) is 11.8 Å². The first-order valence-corrected chi connectivity index (χ1v) is 6.66. The lowest BCUT2D eigenvalue weighted by atomic mass is 10.1. The van der Waals surface area contributed by atoms with Crippen LogP contribution in [0.5, 0.6) is 0 Å². The highest BCUT2D eigenvalue weighted by Gasteiger charge is 2.16. The van der Waals surface area contributed by atoms with E-state index < -0.39 is 0 Å². The van der Waals surface area contributed by atoms with E-state index in [1.165, 1.54) is 33.5 Å². The minimum absolute atomic E-state index is 0.845. The summed E-state index contributed by atoms with van der Waals surface area (Å²) >= 11 is 8.11. The lowest BCUT2D eigenvalue weighted by Crippen LogP contribution is -1.99. The maximum absolute atomic E-state index is 6.10. The van der Waals surface area contributed by atoms with Gasteiger partial charge in [-0.3, -0.25) is 0 Å². The number of hydrogen-bond acceptors (Lipinski definition) is 1. The number of hydrogen-bond donors (Lipinski definition) is 1. The van der Waals surface area contributed by atoms with Gasteiger partial charge in [0.2, 0.25) is 0 Å². The third-order valence-corrected chi connectivity index (χ3v) is 4.21. The molecule has 3 rings (SSSR count). The standard InChI is InChI=1S/C12H12ClNS/c1-7-4-8(13)5-9-10-6-15-3-2-11(10)14-12(7)9/h4-5,14H,2-3,6H2,1H3. The normalized spacial score (nSPS) is 15.6. The van der Waals surface area contributed by atoms with Gasteiger partial charge in [0, 0.05) is 27.4 Å². The van der Waals surface area contributed by atoms with Crippen molar-refractivity contribution in [1.29, 1.82) is 0 Å². The largest absolute Gasteiger partial charge is 0.358 e. The lowest BCUT2D eigenvalue weighted by molar-refractivity contribution is 1.04. The fraction of sp³-hybridized carbons (Fsp3) is 0.333. The predicted molar refractivity (Wildman–Crippen MR) is 67.9 cm³/mol. The van der Waals surface area contributed by atoms with E-state index in [0.717, 1.165) is 17.2 Å². The number of aromatic nitrogens is 1. The number of H-pyrrole nitrogens is 1. The first-order chi connectivity index (χ1) is 7.25. The van der Waals surface area contributed by atoms with Crippen LogP contribution in [0, 0.1) is 6.92 Å². The topological polar surface area (TPSA) is 15.8 Å². The van der Waals surface area contributed by atoms with Gasteiger partial charge in [0.05, 0.1) is 0 Å². The van der Waals surface area contributed by atoms with Crippen molar-refractivity contribution in [3.63, 3.8) is 0 Å². The minimum atomic E-state index is 0.845. The van der Waals surface area contributed by atoms with Gasteiger partial charge >= 0.3 is 0 Å². The molecule has 1 aromatic carbocycles. The van der Waals surface area contributed by atoms with Crippen LogP contribution in [0.25, 0.3) is 10.9 Å². The molecule has 0 radical (unpaired) electrons. The molecule has 0 atom stereocenters. The Bertz CT molecular complexity index is 530. The Morgan fingerprint density at radius 3 is 3.13 bits per heavy atom. The summed E-state index contributed by atoms with van der Waals surface area (Å²) < 4.78 is 0. The Morgan fingerprint density at radius 2 is 2.27 bits per heavy atom. The summed E-state index contributed by atoms with van der Waals surface area (Å²) in [4.78, 5) is 3.54. The molecule has 0 aliphatic carbocycles. The second kappa shape index (κ2) is 3.46. The monoisotopic (exact) mass is 237 g/mol. The number of benzene rings is 1. The van der Waals surface area contributed by atoms with E-state index in [9.17, 15) is 0 Å². The molecule has 3 heteroatoms. The van der Waals surface area contributed by atoms with Crippen LogP contribution in [0.1, 0.15) is 16.8 Å². The highest BCUT2D eigenvalue weighted by molar-refractivity contribution is 7.98. The maximum atomic E-state index is 6.10. The highest BCUT2D eigenvalue weighted by atomic mass is 35.5. The van der Waals surface area contributed by atoms with Crippen molar-refractivity contribution >= 4 is 34.3 Å². The second-order valence-electron chi connectivity index (χ2n) is 4.03. The van der Waals surface area contributed by atoms with E-state index >= 15 is 0 Å². The van der Waals surface area contributed by atoms with Gasteiger partial charge in [-0.1, -0.05) is 11.6 Å². The summed E-state index contributed by atoms with van der Waals surface area (Å²) in [6, 6.07) is 4.12. The molecule has 2 heterocycles. The molecule has 0 bridgehead atoms. The molecule has 0 spiro atoms. The Kier molecular flexibility index (Phi) is 2.22. The number of rotatable bonds is 0. The molecule has 15 heavy (non-hydrogen) atoms. The molecule has 0 saturated carbocycles. The highest BCUT2D eigenvalue weighted by Crippen LogP contribution is 2.34. The van der Waals surface area contributed by atoms with Crippen LogP contribution < -0.4 is 0 Å². The average Bonchev–Trinajstić information content (AvgIpc) is 2.57. The lowest BCUT2D eigenvalue weighted by Gasteiger charge is -2.10. The molecule has 0 fully saturated rings. The predicted octanol–water partition coefficient (Wildman–Crippen LogP) is 3.92. The Morgan fingerprint density at radius 1 is 1.40 bits per heavy atom. The molecule has 1 aromatic heterocycles. The van der Waals surface area contributed by atoms with Crippen LogP contribution in [0.4, 0.5) is 0 Å². The molecule has 1 aliphatic rings. The molecule has 0 saturated heterocycles. The van der Waals surface area contributed by atoms with Gasteiger partial charge in [-0.25, -0.2) is 0 Å². The maximum Gasteiger partial charge on any atom is 0.0490 e. The summed E-state index contributed by atoms with van der Waals surface area (Å²) in [5, 5.41) is 2.17. The minimum Gasteiger partial charge on any atom is -0.358 e. The zero-order valence-corrected chi connectivity index (χ0v) is 10.1. The number of aromatic amines is 1. The average molecular weight is 238 g/mol. The van der Waals surface area contributed by atoms with Crippen LogP contribution in [0.15, 0.2) is 12.1 Å². The van der Waals surface area contributed by atoms with Gasteiger partial charge in [0.25, 0.3) is 0 Å². The molecule has 1 N–H and O–H groups in total. The molecule has 78 valence electrons.